The normalized spacial score (nSPS) is 12.0. The first-order valence-corrected chi connectivity index (χ1v) is 7.76. The Bertz CT molecular complexity index is 771. The van der Waals surface area contributed by atoms with Crippen LogP contribution in [0.15, 0.2) is 33.0 Å². The molecule has 0 saturated carbocycles. The van der Waals surface area contributed by atoms with Gasteiger partial charge in [0.05, 0.1) is 27.1 Å². The van der Waals surface area contributed by atoms with E-state index in [9.17, 15) is 0 Å². The maximum Gasteiger partial charge on any atom is 0.132 e. The largest absolute Gasteiger partial charge is 0.370 e. The van der Waals surface area contributed by atoms with Crippen molar-refractivity contribution >= 4 is 63.3 Å². The molecule has 1 aromatic carbocycles. The quantitative estimate of drug-likeness (QED) is 0.678. The smallest absolute Gasteiger partial charge is 0.132 e. The summed E-state index contributed by atoms with van der Waals surface area (Å²) in [6, 6.07) is 7.33. The van der Waals surface area contributed by atoms with Gasteiger partial charge in [0.1, 0.15) is 23.0 Å². The van der Waals surface area contributed by atoms with Gasteiger partial charge in [-0.2, -0.15) is 8.73 Å². The summed E-state index contributed by atoms with van der Waals surface area (Å²) in [5.74, 6) is 1.47. The lowest BCUT2D eigenvalue weighted by molar-refractivity contribution is 1.16. The van der Waals surface area contributed by atoms with Crippen LogP contribution in [-0.2, 0) is 11.4 Å². The maximum atomic E-state index is 6.26. The Morgan fingerprint density at radius 3 is 2.67 bits per heavy atom. The van der Waals surface area contributed by atoms with Crippen LogP contribution in [0.25, 0.3) is 0 Å². The molecule has 0 fully saturated rings. The average molecular weight is 340 g/mol. The number of fused-ring (bicyclic) bond motifs is 1. The number of aromatic nitrogens is 1. The van der Waals surface area contributed by atoms with Crippen LogP contribution < -0.4 is 10.6 Å². The molecule has 0 atom stereocenters. The van der Waals surface area contributed by atoms with Gasteiger partial charge in [0, 0.05) is 6.54 Å². The molecule has 1 aromatic heterocycles. The Morgan fingerprint density at radius 2 is 1.86 bits per heavy atom. The standard InChI is InChI=1S/C13H11Cl2N5S/c1-2-16-9-4-3-5-10(17-9)18-11-7(14)6-8(15)12-13(11)20-21-19-12/h3-6H,2H2,1H3,(H2,16,17,18). The molecule has 108 valence electrons. The van der Waals surface area contributed by atoms with E-state index < -0.39 is 0 Å². The van der Waals surface area contributed by atoms with Crippen molar-refractivity contribution in [2.45, 2.75) is 6.92 Å². The second-order valence-electron chi connectivity index (χ2n) is 4.24. The zero-order valence-electron chi connectivity index (χ0n) is 11.0. The van der Waals surface area contributed by atoms with E-state index in [0.29, 0.717) is 32.9 Å². The first-order valence-electron chi connectivity index (χ1n) is 6.27. The number of benzene rings is 1. The molecule has 0 amide bonds. The van der Waals surface area contributed by atoms with Crippen LogP contribution in [0.2, 0.25) is 10.0 Å². The molecule has 0 aliphatic carbocycles. The maximum absolute atomic E-state index is 6.26. The number of pyridine rings is 1. The van der Waals surface area contributed by atoms with Gasteiger partial charge in [-0.05, 0) is 25.1 Å². The van der Waals surface area contributed by atoms with E-state index in [-0.39, 0.29) is 0 Å². The summed E-state index contributed by atoms with van der Waals surface area (Å²) < 4.78 is 8.43. The Kier molecular flexibility index (Phi) is 4.10. The number of nitrogens with zero attached hydrogens (tertiary/aromatic N) is 3. The van der Waals surface area contributed by atoms with E-state index in [4.69, 9.17) is 23.2 Å². The lowest BCUT2D eigenvalue weighted by atomic mass is 10.2. The molecule has 1 aliphatic rings. The highest BCUT2D eigenvalue weighted by atomic mass is 35.5. The van der Waals surface area contributed by atoms with E-state index in [1.54, 1.807) is 6.07 Å². The molecular formula is C13H11Cl2N5S. The minimum Gasteiger partial charge on any atom is -0.370 e. The van der Waals surface area contributed by atoms with E-state index in [1.807, 2.05) is 25.1 Å². The third-order valence-corrected chi connectivity index (χ3v) is 3.92. The summed E-state index contributed by atoms with van der Waals surface area (Å²) >= 11 is 13.5. The highest BCUT2D eigenvalue weighted by Gasteiger charge is 2.19. The zero-order chi connectivity index (χ0) is 14.8. The van der Waals surface area contributed by atoms with Crippen molar-refractivity contribution in [3.05, 3.63) is 34.3 Å². The SMILES string of the molecule is CCNc1cccc(Nc2c(Cl)cc(Cl)c3c2N=S=N3)n1. The van der Waals surface area contributed by atoms with Crippen molar-refractivity contribution in [1.82, 2.24) is 4.98 Å². The summed E-state index contributed by atoms with van der Waals surface area (Å²) in [5.41, 5.74) is 1.94. The van der Waals surface area contributed by atoms with Crippen molar-refractivity contribution in [2.24, 2.45) is 8.73 Å². The highest BCUT2D eigenvalue weighted by Crippen LogP contribution is 2.48. The first kappa shape index (κ1) is 14.3. The predicted molar refractivity (Wildman–Crippen MR) is 89.7 cm³/mol. The van der Waals surface area contributed by atoms with Crippen molar-refractivity contribution in [2.75, 3.05) is 17.2 Å². The fraction of sp³-hybridized carbons (Fsp3) is 0.154. The molecule has 2 N–H and O–H groups in total. The molecule has 3 rings (SSSR count). The van der Waals surface area contributed by atoms with Crippen LogP contribution in [0, 0.1) is 0 Å². The summed E-state index contributed by atoms with van der Waals surface area (Å²) in [4.78, 5) is 4.45. The van der Waals surface area contributed by atoms with Gasteiger partial charge in [-0.3, -0.25) is 0 Å². The summed E-state index contributed by atoms with van der Waals surface area (Å²) in [7, 11) is 0. The monoisotopic (exact) mass is 339 g/mol. The van der Waals surface area contributed by atoms with Gasteiger partial charge < -0.3 is 10.6 Å². The van der Waals surface area contributed by atoms with E-state index in [1.165, 1.54) is 0 Å². The number of halogens is 2. The number of rotatable bonds is 4. The van der Waals surface area contributed by atoms with Crippen molar-refractivity contribution in [3.63, 3.8) is 0 Å². The van der Waals surface area contributed by atoms with Crippen molar-refractivity contribution < 1.29 is 0 Å². The Balaban J connectivity index is 1.98. The first-order chi connectivity index (χ1) is 10.2. The molecule has 2 aromatic rings. The average Bonchev–Trinajstić information content (AvgIpc) is 2.94. The number of hydrogen-bond acceptors (Lipinski definition) is 5. The molecule has 0 spiro atoms. The minimum absolute atomic E-state index is 0.482. The predicted octanol–water partition coefficient (Wildman–Crippen LogP) is 5.29. The fourth-order valence-corrected chi connectivity index (χ4v) is 3.06. The van der Waals surface area contributed by atoms with Crippen molar-refractivity contribution in [3.8, 4) is 0 Å². The summed E-state index contributed by atoms with van der Waals surface area (Å²) in [5, 5.41) is 7.32. The van der Waals surface area contributed by atoms with E-state index >= 15 is 0 Å². The second-order valence-corrected chi connectivity index (χ2v) is 5.58. The molecule has 0 radical (unpaired) electrons. The van der Waals surface area contributed by atoms with E-state index in [2.05, 4.69) is 24.3 Å². The van der Waals surface area contributed by atoms with Gasteiger partial charge in [-0.15, -0.1) is 0 Å². The summed E-state index contributed by atoms with van der Waals surface area (Å²) in [6.07, 6.45) is 0. The lowest BCUT2D eigenvalue weighted by Crippen LogP contribution is -2.01. The number of hydrogen-bond donors (Lipinski definition) is 2. The second kappa shape index (κ2) is 6.01. The highest BCUT2D eigenvalue weighted by molar-refractivity contribution is 7.58. The minimum atomic E-state index is 0.482. The van der Waals surface area contributed by atoms with Gasteiger partial charge in [0.15, 0.2) is 0 Å². The summed E-state index contributed by atoms with van der Waals surface area (Å²) in [6.45, 7) is 2.82. The van der Waals surface area contributed by atoms with E-state index in [0.717, 1.165) is 23.7 Å². The zero-order valence-corrected chi connectivity index (χ0v) is 13.4. The van der Waals surface area contributed by atoms with Crippen LogP contribution in [0.3, 0.4) is 0 Å². The molecule has 0 unspecified atom stereocenters. The molecule has 1 aliphatic heterocycles. The molecule has 0 saturated heterocycles. The van der Waals surface area contributed by atoms with Crippen molar-refractivity contribution in [1.29, 1.82) is 0 Å². The Hall–Kier alpha value is -1.63. The molecule has 2 heterocycles. The third-order valence-electron chi connectivity index (χ3n) is 2.80. The fourth-order valence-electron chi connectivity index (χ4n) is 1.91. The van der Waals surface area contributed by atoms with Crippen LogP contribution in [0.1, 0.15) is 6.92 Å². The Labute approximate surface area is 135 Å². The van der Waals surface area contributed by atoms with Crippen LogP contribution in [-0.4, -0.2) is 11.5 Å². The Morgan fingerprint density at radius 1 is 1.10 bits per heavy atom. The van der Waals surface area contributed by atoms with Gasteiger partial charge in [-0.1, -0.05) is 29.3 Å². The topological polar surface area (TPSA) is 61.7 Å². The van der Waals surface area contributed by atoms with Crippen LogP contribution >= 0.6 is 23.2 Å². The van der Waals surface area contributed by atoms with Crippen LogP contribution in [0.4, 0.5) is 28.7 Å². The number of anilines is 3. The lowest BCUT2D eigenvalue weighted by Gasteiger charge is -2.12. The molecular weight excluding hydrogens is 329 g/mol. The van der Waals surface area contributed by atoms with Crippen LogP contribution in [0.5, 0.6) is 0 Å². The number of nitrogens with one attached hydrogen (secondary N) is 2. The molecule has 8 heteroatoms. The van der Waals surface area contributed by atoms with Gasteiger partial charge in [0.2, 0.25) is 0 Å². The molecule has 21 heavy (non-hydrogen) atoms. The molecule has 5 nitrogen and oxygen atoms in total. The van der Waals surface area contributed by atoms with Gasteiger partial charge >= 0.3 is 0 Å². The van der Waals surface area contributed by atoms with Gasteiger partial charge in [0.25, 0.3) is 0 Å². The van der Waals surface area contributed by atoms with Gasteiger partial charge in [-0.25, -0.2) is 4.98 Å². The third kappa shape index (κ3) is 2.88. The molecule has 0 bridgehead atoms.